The first kappa shape index (κ1) is 31.9. The topological polar surface area (TPSA) is 155 Å². The van der Waals surface area contributed by atoms with Crippen molar-refractivity contribution in [3.8, 4) is 0 Å². The van der Waals surface area contributed by atoms with Crippen molar-refractivity contribution in [3.63, 3.8) is 0 Å². The van der Waals surface area contributed by atoms with Crippen LogP contribution in [-0.4, -0.2) is 71.6 Å². The Balaban J connectivity index is 5.65. The molecular weight excluding hydrogens is 452 g/mol. The molecule has 0 heterocycles. The largest absolute Gasteiger partial charge is 0.479 e. The number of aliphatic hydroxyl groups is 1. The molecule has 34 heavy (non-hydrogen) atoms. The maximum absolute atomic E-state index is 12.7. The number of aliphatic carboxylic acids is 1. The summed E-state index contributed by atoms with van der Waals surface area (Å²) in [7, 11) is 0. The van der Waals surface area contributed by atoms with Crippen LogP contribution < -0.4 is 0 Å². The van der Waals surface area contributed by atoms with Crippen LogP contribution in [0.1, 0.15) is 86.0 Å². The van der Waals surface area contributed by atoms with Crippen LogP contribution in [0.5, 0.6) is 0 Å². The molecule has 0 aromatic heterocycles. The van der Waals surface area contributed by atoms with E-state index in [0.29, 0.717) is 19.6 Å². The number of esters is 3. The van der Waals surface area contributed by atoms with Gasteiger partial charge in [0.15, 0.2) is 5.60 Å². The average molecular weight is 493 g/mol. The Morgan fingerprint density at radius 3 is 1.74 bits per heavy atom. The third kappa shape index (κ3) is 12.4. The minimum absolute atomic E-state index is 0.208. The van der Waals surface area contributed by atoms with E-state index in [4.69, 9.17) is 18.9 Å². The molecule has 2 unspecified atom stereocenters. The van der Waals surface area contributed by atoms with Crippen molar-refractivity contribution in [1.29, 1.82) is 0 Å². The highest BCUT2D eigenvalue weighted by atomic mass is 16.8. The van der Waals surface area contributed by atoms with Gasteiger partial charge in [-0.1, -0.05) is 40.0 Å². The van der Waals surface area contributed by atoms with Gasteiger partial charge in [-0.05, 0) is 19.3 Å². The highest BCUT2D eigenvalue weighted by molar-refractivity contribution is 5.92. The molecule has 0 aromatic rings. The fourth-order valence-corrected chi connectivity index (χ4v) is 2.73. The number of carbonyl (C=O) groups is 4. The van der Waals surface area contributed by atoms with E-state index in [2.05, 4.69) is 4.74 Å². The predicted molar refractivity (Wildman–Crippen MR) is 119 cm³/mol. The van der Waals surface area contributed by atoms with E-state index in [1.54, 1.807) is 0 Å². The molecule has 2 atom stereocenters. The summed E-state index contributed by atoms with van der Waals surface area (Å²) < 4.78 is 27.1. The van der Waals surface area contributed by atoms with Crippen LogP contribution in [-0.2, 0) is 42.9 Å². The molecule has 198 valence electrons. The van der Waals surface area contributed by atoms with E-state index >= 15 is 0 Å². The van der Waals surface area contributed by atoms with Crippen molar-refractivity contribution >= 4 is 23.9 Å². The first-order chi connectivity index (χ1) is 15.9. The summed E-state index contributed by atoms with van der Waals surface area (Å²) in [5.41, 5.74) is -2.85. The third-order valence-electron chi connectivity index (χ3n) is 4.69. The molecule has 0 saturated carbocycles. The second kappa shape index (κ2) is 16.5. The van der Waals surface area contributed by atoms with Crippen LogP contribution in [0, 0.1) is 0 Å². The van der Waals surface area contributed by atoms with Crippen molar-refractivity contribution in [2.24, 2.45) is 0 Å². The lowest BCUT2D eigenvalue weighted by Crippen LogP contribution is -2.51. The number of carboxylic acids is 1. The van der Waals surface area contributed by atoms with Crippen LogP contribution in [0.2, 0.25) is 0 Å². The van der Waals surface area contributed by atoms with Gasteiger partial charge in [0.2, 0.25) is 6.29 Å². The summed E-state index contributed by atoms with van der Waals surface area (Å²) in [6.45, 7) is 9.14. The predicted octanol–water partition coefficient (Wildman–Crippen LogP) is 2.71. The Kier molecular flexibility index (Phi) is 15.5. The number of hydrogen-bond donors (Lipinski definition) is 2. The summed E-state index contributed by atoms with van der Waals surface area (Å²) in [4.78, 5) is 47.0. The van der Waals surface area contributed by atoms with Gasteiger partial charge in [0, 0.05) is 13.8 Å². The minimum atomic E-state index is -2.85. The van der Waals surface area contributed by atoms with Gasteiger partial charge in [-0.2, -0.15) is 0 Å². The van der Waals surface area contributed by atoms with Crippen LogP contribution in [0.25, 0.3) is 0 Å². The van der Waals surface area contributed by atoms with Gasteiger partial charge >= 0.3 is 23.9 Å². The zero-order valence-corrected chi connectivity index (χ0v) is 20.9. The maximum Gasteiger partial charge on any atom is 0.336 e. The third-order valence-corrected chi connectivity index (χ3v) is 4.69. The van der Waals surface area contributed by atoms with Gasteiger partial charge in [0.1, 0.15) is 0 Å². The minimum Gasteiger partial charge on any atom is -0.479 e. The number of ether oxygens (including phenoxy) is 5. The van der Waals surface area contributed by atoms with Crippen molar-refractivity contribution in [2.45, 2.75) is 104 Å². The molecule has 2 N–H and O–H groups in total. The number of hydrogen-bond acceptors (Lipinski definition) is 10. The molecule has 0 rings (SSSR count). The molecule has 11 heteroatoms. The molecular formula is C23H40O11. The second-order valence-corrected chi connectivity index (χ2v) is 8.13. The quantitative estimate of drug-likeness (QED) is 0.118. The smallest absolute Gasteiger partial charge is 0.336 e. The van der Waals surface area contributed by atoms with Crippen LogP contribution in [0.15, 0.2) is 0 Å². The molecule has 0 amide bonds. The average Bonchev–Trinajstić information content (AvgIpc) is 2.71. The van der Waals surface area contributed by atoms with Crippen LogP contribution in [0.3, 0.4) is 0 Å². The van der Waals surface area contributed by atoms with E-state index in [9.17, 15) is 29.4 Å². The Morgan fingerprint density at radius 2 is 1.29 bits per heavy atom. The lowest BCUT2D eigenvalue weighted by atomic mass is 9.96. The van der Waals surface area contributed by atoms with Gasteiger partial charge in [-0.15, -0.1) is 0 Å². The number of unbranched alkanes of at least 4 members (excludes halogenated alkanes) is 3. The standard InChI is InChI=1S/C23H40O11/c1-6-9-12-30-21(31-13-10-7-2)22(5,32-14-11-8-3)34-19(26)16-23(29,20(27)28)15-18(25)33-17(4)24/h21,29H,6-16H2,1-5H3,(H,27,28). The Labute approximate surface area is 201 Å². The highest BCUT2D eigenvalue weighted by Crippen LogP contribution is 2.27. The molecule has 0 radical (unpaired) electrons. The first-order valence-corrected chi connectivity index (χ1v) is 11.7. The second-order valence-electron chi connectivity index (χ2n) is 8.13. The highest BCUT2D eigenvalue weighted by Gasteiger charge is 2.46. The fourth-order valence-electron chi connectivity index (χ4n) is 2.73. The molecule has 0 saturated heterocycles. The van der Waals surface area contributed by atoms with E-state index in [1.165, 1.54) is 6.92 Å². The fraction of sp³-hybridized carbons (Fsp3) is 0.826. The Morgan fingerprint density at radius 1 is 0.824 bits per heavy atom. The van der Waals surface area contributed by atoms with E-state index in [0.717, 1.165) is 39.0 Å². The summed E-state index contributed by atoms with van der Waals surface area (Å²) in [6, 6.07) is 0. The summed E-state index contributed by atoms with van der Waals surface area (Å²) >= 11 is 0. The SMILES string of the molecule is CCCCOC(OCCCC)C(C)(OCCCC)OC(=O)CC(O)(CC(=O)OC(C)=O)C(=O)O. The Hall–Kier alpha value is -2.08. The molecule has 0 bridgehead atoms. The van der Waals surface area contributed by atoms with Crippen LogP contribution >= 0.6 is 0 Å². The lowest BCUT2D eigenvalue weighted by molar-refractivity contribution is -0.333. The van der Waals surface area contributed by atoms with E-state index < -0.39 is 54.4 Å². The van der Waals surface area contributed by atoms with Gasteiger partial charge in [-0.25, -0.2) is 4.79 Å². The molecule has 11 nitrogen and oxygen atoms in total. The van der Waals surface area contributed by atoms with Crippen molar-refractivity contribution < 1.29 is 53.1 Å². The van der Waals surface area contributed by atoms with Crippen LogP contribution in [0.4, 0.5) is 0 Å². The summed E-state index contributed by atoms with van der Waals surface area (Å²) in [5.74, 6) is -7.03. The Bertz CT molecular complexity index is 641. The normalized spacial score (nSPS) is 14.8. The summed E-state index contributed by atoms with van der Waals surface area (Å²) in [5, 5.41) is 19.8. The van der Waals surface area contributed by atoms with Gasteiger partial charge < -0.3 is 33.9 Å². The molecule has 0 spiro atoms. The van der Waals surface area contributed by atoms with Crippen molar-refractivity contribution in [1.82, 2.24) is 0 Å². The van der Waals surface area contributed by atoms with Gasteiger partial charge in [0.05, 0.1) is 32.7 Å². The summed E-state index contributed by atoms with van der Waals surface area (Å²) in [6.07, 6.45) is 1.29. The monoisotopic (exact) mass is 492 g/mol. The zero-order chi connectivity index (χ0) is 26.2. The van der Waals surface area contributed by atoms with Crippen molar-refractivity contribution in [3.05, 3.63) is 0 Å². The number of carboxylic acid groups (broad SMARTS) is 1. The van der Waals surface area contributed by atoms with E-state index in [1.807, 2.05) is 20.8 Å². The maximum atomic E-state index is 12.7. The molecule has 0 aliphatic rings. The number of rotatable bonds is 19. The molecule has 0 aliphatic heterocycles. The van der Waals surface area contributed by atoms with Crippen molar-refractivity contribution in [2.75, 3.05) is 19.8 Å². The first-order valence-electron chi connectivity index (χ1n) is 11.7. The van der Waals surface area contributed by atoms with E-state index in [-0.39, 0.29) is 6.61 Å². The molecule has 0 aliphatic carbocycles. The number of carbonyl (C=O) groups excluding carboxylic acids is 3. The van der Waals surface area contributed by atoms with Gasteiger partial charge in [0.25, 0.3) is 5.79 Å². The molecule has 0 aromatic carbocycles. The lowest BCUT2D eigenvalue weighted by Gasteiger charge is -2.36. The van der Waals surface area contributed by atoms with Gasteiger partial charge in [-0.3, -0.25) is 14.4 Å². The molecule has 0 fully saturated rings. The zero-order valence-electron chi connectivity index (χ0n) is 20.9.